The second-order valence-corrected chi connectivity index (χ2v) is 7.40. The summed E-state index contributed by atoms with van der Waals surface area (Å²) in [5.41, 5.74) is 2.70. The Morgan fingerprint density at radius 2 is 1.71 bits per heavy atom. The standard InChI is InChI=1S/C25H24N4O5/c1-16-7-6-12-29-23(30)13-17(26-24(16)29)15-34-21-9-5-4-8-19(21)27-25(31)28-20-11-10-18(32-2)14-22(20)33-3/h4-14H,15H2,1-3H3,(H2,27,28,31). The topological polar surface area (TPSA) is 103 Å². The monoisotopic (exact) mass is 460 g/mol. The van der Waals surface area contributed by atoms with Crippen molar-refractivity contribution >= 4 is 23.1 Å². The van der Waals surface area contributed by atoms with Crippen LogP contribution in [0.1, 0.15) is 11.3 Å². The van der Waals surface area contributed by atoms with E-state index >= 15 is 0 Å². The molecule has 0 aliphatic carbocycles. The number of methoxy groups -OCH3 is 2. The van der Waals surface area contributed by atoms with Gasteiger partial charge in [-0.3, -0.25) is 9.20 Å². The molecule has 9 heteroatoms. The third-order valence-electron chi connectivity index (χ3n) is 5.11. The third kappa shape index (κ3) is 4.93. The largest absolute Gasteiger partial charge is 0.497 e. The van der Waals surface area contributed by atoms with E-state index in [0.717, 1.165) is 5.56 Å². The highest BCUT2D eigenvalue weighted by Crippen LogP contribution is 2.30. The van der Waals surface area contributed by atoms with Gasteiger partial charge >= 0.3 is 6.03 Å². The summed E-state index contributed by atoms with van der Waals surface area (Å²) < 4.78 is 17.9. The summed E-state index contributed by atoms with van der Waals surface area (Å²) in [5, 5.41) is 5.53. The maximum Gasteiger partial charge on any atom is 0.323 e. The summed E-state index contributed by atoms with van der Waals surface area (Å²) in [5.74, 6) is 1.51. The SMILES string of the molecule is COc1ccc(NC(=O)Nc2ccccc2OCc2cc(=O)n3cccc(C)c3n2)c(OC)c1. The van der Waals surface area contributed by atoms with E-state index < -0.39 is 6.03 Å². The van der Waals surface area contributed by atoms with E-state index in [1.165, 1.54) is 17.6 Å². The molecule has 2 heterocycles. The molecule has 0 unspecified atom stereocenters. The van der Waals surface area contributed by atoms with Crippen LogP contribution in [0.15, 0.2) is 71.7 Å². The number of amides is 2. The van der Waals surface area contributed by atoms with Crippen molar-refractivity contribution in [2.75, 3.05) is 24.9 Å². The van der Waals surface area contributed by atoms with Crippen LogP contribution in [0.5, 0.6) is 17.2 Å². The van der Waals surface area contributed by atoms with Gasteiger partial charge in [0.2, 0.25) is 0 Å². The van der Waals surface area contributed by atoms with Crippen LogP contribution in [-0.4, -0.2) is 29.6 Å². The molecular formula is C25H24N4O5. The van der Waals surface area contributed by atoms with Crippen molar-refractivity contribution in [3.8, 4) is 17.2 Å². The maximum absolute atomic E-state index is 12.6. The minimum Gasteiger partial charge on any atom is -0.497 e. The Balaban J connectivity index is 1.48. The molecular weight excluding hydrogens is 436 g/mol. The number of urea groups is 1. The fourth-order valence-corrected chi connectivity index (χ4v) is 3.41. The molecule has 2 amide bonds. The van der Waals surface area contributed by atoms with Crippen LogP contribution in [-0.2, 0) is 6.61 Å². The number of hydrogen-bond donors (Lipinski definition) is 2. The van der Waals surface area contributed by atoms with E-state index in [4.69, 9.17) is 14.2 Å². The molecule has 4 rings (SSSR count). The number of pyridine rings is 1. The van der Waals surface area contributed by atoms with Crippen LogP contribution < -0.4 is 30.4 Å². The molecule has 2 aromatic carbocycles. The van der Waals surface area contributed by atoms with E-state index in [1.54, 1.807) is 61.8 Å². The number of aryl methyl sites for hydroxylation is 1. The van der Waals surface area contributed by atoms with Crippen molar-refractivity contribution < 1.29 is 19.0 Å². The predicted octanol–water partition coefficient (Wildman–Crippen LogP) is 4.24. The van der Waals surface area contributed by atoms with Crippen molar-refractivity contribution in [3.63, 3.8) is 0 Å². The van der Waals surface area contributed by atoms with Crippen LogP contribution in [0.2, 0.25) is 0 Å². The number of benzene rings is 2. The highest BCUT2D eigenvalue weighted by Gasteiger charge is 2.12. The summed E-state index contributed by atoms with van der Waals surface area (Å²) in [6.07, 6.45) is 1.68. The van der Waals surface area contributed by atoms with Gasteiger partial charge in [0.15, 0.2) is 0 Å². The molecule has 0 bridgehead atoms. The molecule has 0 spiro atoms. The quantitative estimate of drug-likeness (QED) is 0.428. The van der Waals surface area contributed by atoms with Gasteiger partial charge in [0.1, 0.15) is 29.5 Å². The van der Waals surface area contributed by atoms with Crippen LogP contribution in [0.25, 0.3) is 5.65 Å². The van der Waals surface area contributed by atoms with Gasteiger partial charge in [0, 0.05) is 18.3 Å². The van der Waals surface area contributed by atoms with Crippen molar-refractivity contribution in [1.82, 2.24) is 9.38 Å². The minimum atomic E-state index is -0.475. The van der Waals surface area contributed by atoms with E-state index in [-0.39, 0.29) is 12.2 Å². The number of nitrogens with one attached hydrogen (secondary N) is 2. The fraction of sp³-hybridized carbons (Fsp3) is 0.160. The van der Waals surface area contributed by atoms with Crippen LogP contribution in [0.4, 0.5) is 16.2 Å². The lowest BCUT2D eigenvalue weighted by Crippen LogP contribution is -2.20. The Bertz CT molecular complexity index is 1400. The Labute approximate surface area is 195 Å². The molecule has 0 saturated heterocycles. The van der Waals surface area contributed by atoms with Gasteiger partial charge in [-0.25, -0.2) is 9.78 Å². The zero-order valence-corrected chi connectivity index (χ0v) is 19.0. The lowest BCUT2D eigenvalue weighted by atomic mass is 10.2. The van der Waals surface area contributed by atoms with Gasteiger partial charge in [0.05, 0.1) is 31.3 Å². The predicted molar refractivity (Wildman–Crippen MR) is 129 cm³/mol. The number of anilines is 2. The number of hydrogen-bond acceptors (Lipinski definition) is 6. The highest BCUT2D eigenvalue weighted by atomic mass is 16.5. The molecule has 0 radical (unpaired) electrons. The smallest absolute Gasteiger partial charge is 0.323 e. The van der Waals surface area contributed by atoms with Gasteiger partial charge < -0.3 is 24.8 Å². The minimum absolute atomic E-state index is 0.0622. The molecule has 174 valence electrons. The molecule has 4 aromatic rings. The Morgan fingerprint density at radius 3 is 2.47 bits per heavy atom. The average Bonchev–Trinajstić information content (AvgIpc) is 2.84. The first kappa shape index (κ1) is 22.7. The number of ether oxygens (including phenoxy) is 3. The normalized spacial score (nSPS) is 10.6. The molecule has 0 atom stereocenters. The maximum atomic E-state index is 12.6. The van der Waals surface area contributed by atoms with Crippen molar-refractivity contribution in [2.45, 2.75) is 13.5 Å². The van der Waals surface area contributed by atoms with E-state index in [2.05, 4.69) is 15.6 Å². The molecule has 0 saturated carbocycles. The summed E-state index contributed by atoms with van der Waals surface area (Å²) in [6, 6.07) is 16.7. The molecule has 2 aromatic heterocycles. The lowest BCUT2D eigenvalue weighted by Gasteiger charge is -2.15. The molecule has 2 N–H and O–H groups in total. The van der Waals surface area contributed by atoms with Crippen LogP contribution in [0.3, 0.4) is 0 Å². The Kier molecular flexibility index (Phi) is 6.63. The van der Waals surface area contributed by atoms with Crippen molar-refractivity contribution in [1.29, 1.82) is 0 Å². The van der Waals surface area contributed by atoms with Crippen LogP contribution in [0, 0.1) is 6.92 Å². The average molecular weight is 460 g/mol. The van der Waals surface area contributed by atoms with Crippen molar-refractivity contribution in [2.24, 2.45) is 0 Å². The second kappa shape index (κ2) is 9.95. The molecule has 34 heavy (non-hydrogen) atoms. The van der Waals surface area contributed by atoms with Gasteiger partial charge in [-0.15, -0.1) is 0 Å². The summed E-state index contributed by atoms with van der Waals surface area (Å²) in [6.45, 7) is 1.95. The number of para-hydroxylation sites is 2. The number of rotatable bonds is 7. The van der Waals surface area contributed by atoms with Gasteiger partial charge in [0.25, 0.3) is 5.56 Å². The zero-order valence-electron chi connectivity index (χ0n) is 19.0. The molecule has 9 nitrogen and oxygen atoms in total. The number of nitrogens with zero attached hydrogens (tertiary/aromatic N) is 2. The first-order valence-corrected chi connectivity index (χ1v) is 10.5. The van der Waals surface area contributed by atoms with Gasteiger partial charge in [-0.2, -0.15) is 0 Å². The second-order valence-electron chi connectivity index (χ2n) is 7.40. The lowest BCUT2D eigenvalue weighted by molar-refractivity contribution is 0.261. The summed E-state index contributed by atoms with van der Waals surface area (Å²) >= 11 is 0. The number of aromatic nitrogens is 2. The molecule has 0 fully saturated rings. The summed E-state index contributed by atoms with van der Waals surface area (Å²) in [7, 11) is 3.06. The number of fused-ring (bicyclic) bond motifs is 1. The zero-order chi connectivity index (χ0) is 24.1. The molecule has 0 aliphatic rings. The van der Waals surface area contributed by atoms with Crippen LogP contribution >= 0.6 is 0 Å². The number of carbonyl (C=O) groups is 1. The highest BCUT2D eigenvalue weighted by molar-refractivity contribution is 6.01. The number of carbonyl (C=O) groups excluding carboxylic acids is 1. The van der Waals surface area contributed by atoms with E-state index in [1.807, 2.05) is 13.0 Å². The third-order valence-corrected chi connectivity index (χ3v) is 5.11. The Hall–Kier alpha value is -4.53. The first-order chi connectivity index (χ1) is 16.5. The Morgan fingerprint density at radius 1 is 0.941 bits per heavy atom. The summed E-state index contributed by atoms with van der Waals surface area (Å²) in [4.78, 5) is 29.6. The first-order valence-electron chi connectivity index (χ1n) is 10.5. The van der Waals surface area contributed by atoms with Gasteiger partial charge in [-0.1, -0.05) is 18.2 Å². The van der Waals surface area contributed by atoms with E-state index in [9.17, 15) is 9.59 Å². The molecule has 0 aliphatic heterocycles. The van der Waals surface area contributed by atoms with Gasteiger partial charge in [-0.05, 0) is 42.8 Å². The van der Waals surface area contributed by atoms with E-state index in [0.29, 0.717) is 40.0 Å². The fourth-order valence-electron chi connectivity index (χ4n) is 3.41. The van der Waals surface area contributed by atoms with Crippen molar-refractivity contribution in [3.05, 3.63) is 88.5 Å².